The first-order chi connectivity index (χ1) is 11.0. The highest BCUT2D eigenvalue weighted by atomic mass is 16.5. The zero-order chi connectivity index (χ0) is 16.3. The zero-order valence-electron chi connectivity index (χ0n) is 13.6. The molecule has 23 heavy (non-hydrogen) atoms. The minimum Gasteiger partial charge on any atom is -0.445 e. The molecule has 1 aromatic heterocycles. The molecule has 0 bridgehead atoms. The van der Waals surface area contributed by atoms with E-state index >= 15 is 0 Å². The van der Waals surface area contributed by atoms with Crippen LogP contribution in [0.15, 0.2) is 36.4 Å². The third-order valence-corrected chi connectivity index (χ3v) is 4.26. The molecule has 1 amide bonds. The van der Waals surface area contributed by atoms with Gasteiger partial charge in [0.2, 0.25) is 0 Å². The van der Waals surface area contributed by atoms with Crippen molar-refractivity contribution in [1.29, 1.82) is 0 Å². The zero-order valence-corrected chi connectivity index (χ0v) is 13.6. The van der Waals surface area contributed by atoms with Gasteiger partial charge in [0.1, 0.15) is 6.61 Å². The normalized spacial score (nSPS) is 16.6. The van der Waals surface area contributed by atoms with Gasteiger partial charge in [-0.2, -0.15) is 5.10 Å². The number of benzene rings is 1. The minimum atomic E-state index is -0.500. The Morgan fingerprint density at radius 3 is 2.74 bits per heavy atom. The molecule has 5 nitrogen and oxygen atoms in total. The lowest BCUT2D eigenvalue weighted by molar-refractivity contribution is 0.124. The number of alkyl carbamates (subject to hydrolysis) is 1. The molecule has 122 valence electrons. The summed E-state index contributed by atoms with van der Waals surface area (Å²) in [5.74, 6) is 0.659. The van der Waals surface area contributed by atoms with Gasteiger partial charge in [-0.1, -0.05) is 43.2 Å². The number of aromatic amines is 1. The first-order valence-corrected chi connectivity index (χ1v) is 8.06. The molecule has 3 rings (SSSR count). The number of hydrogen-bond donors (Lipinski definition) is 2. The van der Waals surface area contributed by atoms with Gasteiger partial charge in [0, 0.05) is 5.69 Å². The highest BCUT2D eigenvalue weighted by Gasteiger charge is 2.38. The number of nitrogens with zero attached hydrogens (tertiary/aromatic N) is 1. The van der Waals surface area contributed by atoms with E-state index in [0.717, 1.165) is 23.4 Å². The van der Waals surface area contributed by atoms with E-state index in [1.165, 1.54) is 12.8 Å². The second kappa shape index (κ2) is 6.44. The Bertz CT molecular complexity index is 664. The van der Waals surface area contributed by atoms with E-state index in [2.05, 4.69) is 15.5 Å². The number of hydrogen-bond acceptors (Lipinski definition) is 3. The van der Waals surface area contributed by atoms with Crippen molar-refractivity contribution in [3.05, 3.63) is 53.3 Å². The number of nitrogens with one attached hydrogen (secondary N) is 2. The van der Waals surface area contributed by atoms with Gasteiger partial charge in [0.05, 0.1) is 11.2 Å². The number of ether oxygens (including phenoxy) is 1. The van der Waals surface area contributed by atoms with Crippen molar-refractivity contribution in [2.24, 2.45) is 5.92 Å². The lowest BCUT2D eigenvalue weighted by Gasteiger charge is -2.28. The molecule has 0 spiro atoms. The molecule has 0 saturated heterocycles. The summed E-state index contributed by atoms with van der Waals surface area (Å²) in [6.07, 6.45) is 2.93. The predicted octanol–water partition coefficient (Wildman–Crippen LogP) is 3.66. The van der Waals surface area contributed by atoms with E-state index in [4.69, 9.17) is 4.74 Å². The number of amides is 1. The van der Waals surface area contributed by atoms with Crippen molar-refractivity contribution < 1.29 is 9.53 Å². The number of carbonyl (C=O) groups is 1. The molecule has 0 radical (unpaired) electrons. The Labute approximate surface area is 136 Å². The number of aromatic nitrogens is 2. The molecule has 2 aromatic rings. The van der Waals surface area contributed by atoms with Crippen LogP contribution in [0.5, 0.6) is 0 Å². The average molecular weight is 313 g/mol. The fraction of sp³-hybridized carbons (Fsp3) is 0.444. The molecular formula is C18H23N3O2. The summed E-state index contributed by atoms with van der Waals surface area (Å²) in [7, 11) is 0. The minimum absolute atomic E-state index is 0.270. The van der Waals surface area contributed by atoms with Crippen molar-refractivity contribution in [3.63, 3.8) is 0 Å². The van der Waals surface area contributed by atoms with E-state index < -0.39 is 11.6 Å². The van der Waals surface area contributed by atoms with E-state index in [1.54, 1.807) is 0 Å². The summed E-state index contributed by atoms with van der Waals surface area (Å²) in [6, 6.07) is 11.7. The van der Waals surface area contributed by atoms with Crippen LogP contribution >= 0.6 is 0 Å². The van der Waals surface area contributed by atoms with Gasteiger partial charge >= 0.3 is 6.09 Å². The lowest BCUT2D eigenvalue weighted by atomic mass is 9.91. The number of aryl methyl sites for hydroxylation is 1. The van der Waals surface area contributed by atoms with Crippen molar-refractivity contribution in [1.82, 2.24) is 15.5 Å². The summed E-state index contributed by atoms with van der Waals surface area (Å²) >= 11 is 0. The van der Waals surface area contributed by atoms with E-state index in [0.29, 0.717) is 5.92 Å². The van der Waals surface area contributed by atoms with Crippen molar-refractivity contribution in [2.75, 3.05) is 0 Å². The van der Waals surface area contributed by atoms with Gasteiger partial charge in [0.15, 0.2) is 0 Å². The van der Waals surface area contributed by atoms with Gasteiger partial charge in [-0.05, 0) is 37.8 Å². The summed E-state index contributed by atoms with van der Waals surface area (Å²) in [6.45, 7) is 4.25. The van der Waals surface area contributed by atoms with Crippen LogP contribution in [0, 0.1) is 12.8 Å². The van der Waals surface area contributed by atoms with E-state index in [-0.39, 0.29) is 6.61 Å². The van der Waals surface area contributed by atoms with Gasteiger partial charge in [-0.15, -0.1) is 0 Å². The Hall–Kier alpha value is -2.30. The molecule has 0 unspecified atom stereocenters. The SMILES string of the molecule is Cc1cc([C@](C)(CC2CC2)NC(=O)OCc2ccccc2)n[nH]1. The number of carbonyl (C=O) groups excluding carboxylic acids is 1. The molecule has 0 aliphatic heterocycles. The quantitative estimate of drug-likeness (QED) is 0.855. The lowest BCUT2D eigenvalue weighted by Crippen LogP contribution is -2.44. The molecule has 2 N–H and O–H groups in total. The van der Waals surface area contributed by atoms with Crippen LogP contribution in [0.2, 0.25) is 0 Å². The van der Waals surface area contributed by atoms with Gasteiger partial charge in [-0.3, -0.25) is 5.10 Å². The molecule has 1 saturated carbocycles. The van der Waals surface area contributed by atoms with Gasteiger partial charge in [-0.25, -0.2) is 4.79 Å². The van der Waals surface area contributed by atoms with Gasteiger partial charge in [0.25, 0.3) is 0 Å². The maximum atomic E-state index is 12.2. The maximum absolute atomic E-state index is 12.2. The highest BCUT2D eigenvalue weighted by molar-refractivity contribution is 5.68. The van der Waals surface area contributed by atoms with Crippen molar-refractivity contribution >= 4 is 6.09 Å². The topological polar surface area (TPSA) is 67.0 Å². The second-order valence-corrected chi connectivity index (χ2v) is 6.60. The first kappa shape index (κ1) is 15.6. The summed E-state index contributed by atoms with van der Waals surface area (Å²) in [4.78, 5) is 12.2. The summed E-state index contributed by atoms with van der Waals surface area (Å²) < 4.78 is 5.37. The molecule has 5 heteroatoms. The summed E-state index contributed by atoms with van der Waals surface area (Å²) in [5.41, 5.74) is 2.32. The second-order valence-electron chi connectivity index (χ2n) is 6.60. The molecule has 1 fully saturated rings. The van der Waals surface area contributed by atoms with Crippen LogP contribution in [0.1, 0.15) is 43.1 Å². The Morgan fingerprint density at radius 1 is 1.39 bits per heavy atom. The summed E-state index contributed by atoms with van der Waals surface area (Å²) in [5, 5.41) is 10.3. The predicted molar refractivity (Wildman–Crippen MR) is 87.8 cm³/mol. The molecule has 1 heterocycles. The monoisotopic (exact) mass is 313 g/mol. The van der Waals surface area contributed by atoms with Crippen LogP contribution in [0.3, 0.4) is 0 Å². The molecule has 1 atom stereocenters. The molecule has 1 aliphatic carbocycles. The van der Waals surface area contributed by atoms with E-state index in [9.17, 15) is 4.79 Å². The van der Waals surface area contributed by atoms with Gasteiger partial charge < -0.3 is 10.1 Å². The van der Waals surface area contributed by atoms with Crippen LogP contribution in [0.4, 0.5) is 4.79 Å². The van der Waals surface area contributed by atoms with Crippen LogP contribution in [0.25, 0.3) is 0 Å². The smallest absolute Gasteiger partial charge is 0.408 e. The average Bonchev–Trinajstić information content (AvgIpc) is 3.22. The fourth-order valence-electron chi connectivity index (χ4n) is 2.80. The first-order valence-electron chi connectivity index (χ1n) is 8.06. The Morgan fingerprint density at radius 2 is 2.13 bits per heavy atom. The van der Waals surface area contributed by atoms with E-state index in [1.807, 2.05) is 50.2 Å². The number of rotatable bonds is 6. The van der Waals surface area contributed by atoms with Crippen molar-refractivity contribution in [2.45, 2.75) is 45.3 Å². The third-order valence-electron chi connectivity index (χ3n) is 4.26. The standard InChI is InChI=1S/C18H23N3O2/c1-13-10-16(21-20-13)18(2,11-14-8-9-14)19-17(22)23-12-15-6-4-3-5-7-15/h3-7,10,14H,8-9,11-12H2,1-2H3,(H,19,22)(H,20,21)/t18-/m0/s1. The Balaban J connectivity index is 1.64. The molecule has 1 aliphatic rings. The van der Waals surface area contributed by atoms with Crippen LogP contribution in [-0.2, 0) is 16.9 Å². The Kier molecular flexibility index (Phi) is 4.37. The highest BCUT2D eigenvalue weighted by Crippen LogP contribution is 2.40. The molecular weight excluding hydrogens is 290 g/mol. The maximum Gasteiger partial charge on any atom is 0.408 e. The van der Waals surface area contributed by atoms with Crippen LogP contribution < -0.4 is 5.32 Å². The number of H-pyrrole nitrogens is 1. The largest absolute Gasteiger partial charge is 0.445 e. The molecule has 1 aromatic carbocycles. The van der Waals surface area contributed by atoms with Crippen LogP contribution in [-0.4, -0.2) is 16.3 Å². The van der Waals surface area contributed by atoms with Crippen molar-refractivity contribution in [3.8, 4) is 0 Å². The third kappa shape index (κ3) is 4.12. The fourth-order valence-corrected chi connectivity index (χ4v) is 2.80.